The highest BCUT2D eigenvalue weighted by Gasteiger charge is 2.21. The Balaban J connectivity index is 2.16. The van der Waals surface area contributed by atoms with Crippen LogP contribution in [0.5, 0.6) is 0 Å². The van der Waals surface area contributed by atoms with E-state index >= 15 is 0 Å². The lowest BCUT2D eigenvalue weighted by atomic mass is 10.0. The minimum Gasteiger partial charge on any atom is -0.377 e. The van der Waals surface area contributed by atoms with Crippen LogP contribution >= 0.6 is 0 Å². The average molecular weight is 278 g/mol. The second kappa shape index (κ2) is 6.84. The molecule has 5 nitrogen and oxygen atoms in total. The molecule has 0 unspecified atom stereocenters. The first-order valence-corrected chi connectivity index (χ1v) is 8.23. The summed E-state index contributed by atoms with van der Waals surface area (Å²) in [6.45, 7) is 8.53. The molecule has 0 aromatic heterocycles. The fourth-order valence-corrected chi connectivity index (χ4v) is 3.64. The number of hydrogen-bond donors (Lipinski definition) is 2. The molecule has 6 heteroatoms. The van der Waals surface area contributed by atoms with Crippen LogP contribution in [0.4, 0.5) is 0 Å². The molecule has 0 atom stereocenters. The van der Waals surface area contributed by atoms with Gasteiger partial charge in [-0.3, -0.25) is 0 Å². The van der Waals surface area contributed by atoms with E-state index in [1.54, 1.807) is 0 Å². The predicted molar refractivity (Wildman–Crippen MR) is 73.1 cm³/mol. The largest absolute Gasteiger partial charge is 0.377 e. The molecule has 2 N–H and O–H groups in total. The summed E-state index contributed by atoms with van der Waals surface area (Å²) in [4.78, 5) is 0. The van der Waals surface area contributed by atoms with Crippen LogP contribution in [-0.4, -0.2) is 46.5 Å². The Kier molecular flexibility index (Phi) is 6.04. The maximum Gasteiger partial charge on any atom is 0.212 e. The van der Waals surface area contributed by atoms with Crippen LogP contribution in [0.15, 0.2) is 0 Å². The maximum absolute atomic E-state index is 11.7. The van der Waals surface area contributed by atoms with Crippen LogP contribution < -0.4 is 10.0 Å². The lowest BCUT2D eigenvalue weighted by Crippen LogP contribution is -2.36. The fraction of sp³-hybridized carbons (Fsp3) is 1.00. The van der Waals surface area contributed by atoms with Gasteiger partial charge >= 0.3 is 0 Å². The van der Waals surface area contributed by atoms with Crippen molar-refractivity contribution in [2.24, 2.45) is 5.41 Å². The highest BCUT2D eigenvalue weighted by Crippen LogP contribution is 2.15. The molecular formula is C12H26N2O3S. The first-order valence-electron chi connectivity index (χ1n) is 6.58. The van der Waals surface area contributed by atoms with Crippen molar-refractivity contribution in [3.8, 4) is 0 Å². The lowest BCUT2D eigenvalue weighted by Gasteiger charge is -2.23. The van der Waals surface area contributed by atoms with E-state index in [2.05, 4.69) is 10.0 Å². The average Bonchev–Trinajstić information content (AvgIpc) is 2.23. The van der Waals surface area contributed by atoms with Crippen molar-refractivity contribution in [1.82, 2.24) is 10.0 Å². The van der Waals surface area contributed by atoms with Crippen LogP contribution in [0.2, 0.25) is 0 Å². The van der Waals surface area contributed by atoms with Gasteiger partial charge in [0.1, 0.15) is 0 Å². The van der Waals surface area contributed by atoms with Crippen LogP contribution in [0.3, 0.4) is 0 Å². The topological polar surface area (TPSA) is 67.4 Å². The minimum atomic E-state index is -3.18. The first-order chi connectivity index (χ1) is 8.29. The smallest absolute Gasteiger partial charge is 0.212 e. The van der Waals surface area contributed by atoms with Gasteiger partial charge in [0.2, 0.25) is 10.0 Å². The van der Waals surface area contributed by atoms with Crippen molar-refractivity contribution >= 4 is 10.0 Å². The van der Waals surface area contributed by atoms with Gasteiger partial charge in [0.05, 0.1) is 18.5 Å². The zero-order valence-electron chi connectivity index (χ0n) is 11.7. The van der Waals surface area contributed by atoms with E-state index in [4.69, 9.17) is 4.74 Å². The number of piperidine rings is 1. The summed E-state index contributed by atoms with van der Waals surface area (Å²) in [6.07, 6.45) is 2.29. The van der Waals surface area contributed by atoms with Crippen molar-refractivity contribution in [3.63, 3.8) is 0 Å². The third-order valence-corrected chi connectivity index (χ3v) is 4.58. The summed E-state index contributed by atoms with van der Waals surface area (Å²) in [7, 11) is -3.18. The summed E-state index contributed by atoms with van der Waals surface area (Å²) in [6, 6.07) is 0. The standard InChI is InChI=1S/C12H26N2O3S/c1-12(2,3)10-18(15,16)14-8-9-17-11-4-6-13-7-5-11/h11,13-14H,4-10H2,1-3H3. The molecule has 0 radical (unpaired) electrons. The molecular weight excluding hydrogens is 252 g/mol. The number of nitrogens with one attached hydrogen (secondary N) is 2. The molecule has 1 rings (SSSR count). The number of ether oxygens (including phenoxy) is 1. The number of rotatable bonds is 6. The van der Waals surface area contributed by atoms with E-state index < -0.39 is 10.0 Å². The Morgan fingerprint density at radius 1 is 1.28 bits per heavy atom. The quantitative estimate of drug-likeness (QED) is 0.703. The molecule has 1 aliphatic heterocycles. The van der Waals surface area contributed by atoms with Crippen molar-refractivity contribution in [3.05, 3.63) is 0 Å². The molecule has 0 aromatic carbocycles. The first kappa shape index (κ1) is 15.9. The Hall–Kier alpha value is -0.170. The lowest BCUT2D eigenvalue weighted by molar-refractivity contribution is 0.0366. The summed E-state index contributed by atoms with van der Waals surface area (Å²) in [5, 5.41) is 3.26. The molecule has 1 fully saturated rings. The summed E-state index contributed by atoms with van der Waals surface area (Å²) < 4.78 is 31.7. The molecule has 1 aliphatic rings. The van der Waals surface area contributed by atoms with Gasteiger partial charge in [0, 0.05) is 6.54 Å². The van der Waals surface area contributed by atoms with Crippen molar-refractivity contribution in [2.45, 2.75) is 39.7 Å². The van der Waals surface area contributed by atoms with Gasteiger partial charge in [0.15, 0.2) is 0 Å². The SMILES string of the molecule is CC(C)(C)CS(=O)(=O)NCCOC1CCNCC1. The van der Waals surface area contributed by atoms with Crippen LogP contribution in [-0.2, 0) is 14.8 Å². The molecule has 108 valence electrons. The molecule has 0 spiro atoms. The highest BCUT2D eigenvalue weighted by atomic mass is 32.2. The summed E-state index contributed by atoms with van der Waals surface area (Å²) >= 11 is 0. The van der Waals surface area contributed by atoms with Crippen LogP contribution in [0, 0.1) is 5.41 Å². The second-order valence-electron chi connectivity index (χ2n) is 6.03. The van der Waals surface area contributed by atoms with E-state index in [0.717, 1.165) is 25.9 Å². The van der Waals surface area contributed by atoms with Gasteiger partial charge in [-0.1, -0.05) is 20.8 Å². The van der Waals surface area contributed by atoms with Gasteiger partial charge in [-0.05, 0) is 31.3 Å². The molecule has 1 saturated heterocycles. The zero-order chi connectivity index (χ0) is 13.6. The highest BCUT2D eigenvalue weighted by molar-refractivity contribution is 7.89. The predicted octanol–water partition coefficient (Wildman–Crippen LogP) is 0.721. The Labute approximate surface area is 111 Å². The van der Waals surface area contributed by atoms with Gasteiger partial charge in [-0.25, -0.2) is 13.1 Å². The third kappa shape index (κ3) is 7.31. The van der Waals surface area contributed by atoms with E-state index in [9.17, 15) is 8.42 Å². The van der Waals surface area contributed by atoms with Crippen LogP contribution in [0.25, 0.3) is 0 Å². The Morgan fingerprint density at radius 2 is 1.89 bits per heavy atom. The monoisotopic (exact) mass is 278 g/mol. The summed E-state index contributed by atoms with van der Waals surface area (Å²) in [5.74, 6) is 0.146. The molecule has 0 bridgehead atoms. The maximum atomic E-state index is 11.7. The summed E-state index contributed by atoms with van der Waals surface area (Å²) in [5.41, 5.74) is -0.221. The molecule has 18 heavy (non-hydrogen) atoms. The molecule has 1 heterocycles. The van der Waals surface area contributed by atoms with Crippen LogP contribution in [0.1, 0.15) is 33.6 Å². The molecule has 0 amide bonds. The van der Waals surface area contributed by atoms with Gasteiger partial charge in [-0.15, -0.1) is 0 Å². The molecule has 0 aromatic rings. The Bertz CT molecular complexity index is 330. The minimum absolute atomic E-state index is 0.146. The van der Waals surface area contributed by atoms with Gasteiger partial charge in [-0.2, -0.15) is 0 Å². The van der Waals surface area contributed by atoms with Gasteiger partial charge in [0.25, 0.3) is 0 Å². The van der Waals surface area contributed by atoms with E-state index in [0.29, 0.717) is 13.2 Å². The normalized spacial score (nSPS) is 19.1. The van der Waals surface area contributed by atoms with E-state index in [1.807, 2.05) is 20.8 Å². The van der Waals surface area contributed by atoms with Crippen molar-refractivity contribution in [2.75, 3.05) is 32.0 Å². The van der Waals surface area contributed by atoms with E-state index in [1.165, 1.54) is 0 Å². The second-order valence-corrected chi connectivity index (χ2v) is 7.84. The van der Waals surface area contributed by atoms with Gasteiger partial charge < -0.3 is 10.1 Å². The fourth-order valence-electron chi connectivity index (χ4n) is 2.01. The van der Waals surface area contributed by atoms with Crippen molar-refractivity contribution < 1.29 is 13.2 Å². The number of sulfonamides is 1. The van der Waals surface area contributed by atoms with Crippen molar-refractivity contribution in [1.29, 1.82) is 0 Å². The van der Waals surface area contributed by atoms with E-state index in [-0.39, 0.29) is 17.3 Å². The Morgan fingerprint density at radius 3 is 2.44 bits per heavy atom. The third-order valence-electron chi connectivity index (χ3n) is 2.69. The zero-order valence-corrected chi connectivity index (χ0v) is 12.5. The number of hydrogen-bond acceptors (Lipinski definition) is 4. The molecule has 0 saturated carbocycles. The molecule has 0 aliphatic carbocycles.